The van der Waals surface area contributed by atoms with Crippen molar-refractivity contribution in [1.29, 1.82) is 0 Å². The molecule has 2 atom stereocenters. The van der Waals surface area contributed by atoms with Gasteiger partial charge in [-0.1, -0.05) is 39.5 Å². The highest BCUT2D eigenvalue weighted by Crippen LogP contribution is 2.43. The second kappa shape index (κ2) is 5.53. The van der Waals surface area contributed by atoms with Crippen LogP contribution in [0.5, 0.6) is 0 Å². The molecule has 2 fully saturated rings. The summed E-state index contributed by atoms with van der Waals surface area (Å²) in [5, 5.41) is 3.88. The molecule has 2 aliphatic rings. The first kappa shape index (κ1) is 12.4. The zero-order chi connectivity index (χ0) is 11.4. The van der Waals surface area contributed by atoms with Crippen LogP contribution >= 0.6 is 0 Å². The van der Waals surface area contributed by atoms with Gasteiger partial charge in [0.25, 0.3) is 0 Å². The van der Waals surface area contributed by atoms with E-state index in [1.807, 2.05) is 0 Å². The monoisotopic (exact) mass is 223 g/mol. The summed E-state index contributed by atoms with van der Waals surface area (Å²) in [6.07, 6.45) is 13.0. The quantitative estimate of drug-likeness (QED) is 0.739. The Bertz CT molecular complexity index is 202. The van der Waals surface area contributed by atoms with Gasteiger partial charge >= 0.3 is 0 Å². The molecule has 0 spiro atoms. The molecule has 0 bridgehead atoms. The topological polar surface area (TPSA) is 12.0 Å². The lowest BCUT2D eigenvalue weighted by Gasteiger charge is -2.43. The van der Waals surface area contributed by atoms with E-state index in [0.717, 1.165) is 12.0 Å². The molecular weight excluding hydrogens is 194 g/mol. The van der Waals surface area contributed by atoms with E-state index in [9.17, 15) is 0 Å². The van der Waals surface area contributed by atoms with Crippen LogP contribution in [-0.4, -0.2) is 12.6 Å². The molecule has 1 nitrogen and oxygen atoms in total. The van der Waals surface area contributed by atoms with Crippen LogP contribution in [0.25, 0.3) is 0 Å². The van der Waals surface area contributed by atoms with Crippen LogP contribution < -0.4 is 5.32 Å². The Hall–Kier alpha value is -0.0400. The van der Waals surface area contributed by atoms with E-state index in [-0.39, 0.29) is 0 Å². The highest BCUT2D eigenvalue weighted by atomic mass is 14.9. The minimum absolute atomic E-state index is 0.694. The molecule has 2 unspecified atom stereocenters. The molecule has 0 aliphatic heterocycles. The minimum atomic E-state index is 0.694. The molecule has 2 aliphatic carbocycles. The zero-order valence-corrected chi connectivity index (χ0v) is 11.2. The highest BCUT2D eigenvalue weighted by Gasteiger charge is 2.35. The van der Waals surface area contributed by atoms with Crippen molar-refractivity contribution in [3.63, 3.8) is 0 Å². The smallest absolute Gasteiger partial charge is 0.00699 e. The van der Waals surface area contributed by atoms with Crippen molar-refractivity contribution in [1.82, 2.24) is 5.32 Å². The summed E-state index contributed by atoms with van der Waals surface area (Å²) in [5.74, 6) is 1.00. The van der Waals surface area contributed by atoms with Crippen molar-refractivity contribution in [3.05, 3.63) is 0 Å². The summed E-state index contributed by atoms with van der Waals surface area (Å²) >= 11 is 0. The van der Waals surface area contributed by atoms with Gasteiger partial charge in [0, 0.05) is 12.6 Å². The Morgan fingerprint density at radius 1 is 1.12 bits per heavy atom. The Morgan fingerprint density at radius 2 is 1.94 bits per heavy atom. The fourth-order valence-corrected chi connectivity index (χ4v) is 3.54. The van der Waals surface area contributed by atoms with Crippen molar-refractivity contribution >= 4 is 0 Å². The van der Waals surface area contributed by atoms with Crippen molar-refractivity contribution < 1.29 is 0 Å². The molecule has 0 aromatic rings. The lowest BCUT2D eigenvalue weighted by Crippen LogP contribution is -2.44. The van der Waals surface area contributed by atoms with Gasteiger partial charge in [-0.3, -0.25) is 0 Å². The van der Waals surface area contributed by atoms with Crippen LogP contribution in [0.2, 0.25) is 0 Å². The summed E-state index contributed by atoms with van der Waals surface area (Å²) in [7, 11) is 0. The molecular formula is C15H29N. The second-order valence-electron chi connectivity index (χ2n) is 6.23. The fraction of sp³-hybridized carbons (Fsp3) is 1.00. The summed E-state index contributed by atoms with van der Waals surface area (Å²) < 4.78 is 0. The summed E-state index contributed by atoms with van der Waals surface area (Å²) in [4.78, 5) is 0. The summed E-state index contributed by atoms with van der Waals surface area (Å²) in [5.41, 5.74) is 0.694. The molecule has 2 saturated carbocycles. The van der Waals surface area contributed by atoms with Crippen molar-refractivity contribution in [2.75, 3.05) is 6.54 Å². The lowest BCUT2D eigenvalue weighted by atomic mass is 9.67. The van der Waals surface area contributed by atoms with Gasteiger partial charge in [-0.25, -0.2) is 0 Å². The van der Waals surface area contributed by atoms with Gasteiger partial charge in [0.2, 0.25) is 0 Å². The van der Waals surface area contributed by atoms with Crippen LogP contribution in [0.15, 0.2) is 0 Å². The first-order valence-electron chi connectivity index (χ1n) is 7.51. The highest BCUT2D eigenvalue weighted by molar-refractivity contribution is 4.90. The maximum Gasteiger partial charge on any atom is 0.00699 e. The molecule has 0 aromatic heterocycles. The van der Waals surface area contributed by atoms with Gasteiger partial charge < -0.3 is 5.32 Å². The van der Waals surface area contributed by atoms with Crippen molar-refractivity contribution in [3.8, 4) is 0 Å². The number of hydrogen-bond acceptors (Lipinski definition) is 1. The largest absolute Gasteiger partial charge is 0.313 e. The predicted octanol–water partition coefficient (Wildman–Crippen LogP) is 4.13. The molecule has 94 valence electrons. The summed E-state index contributed by atoms with van der Waals surface area (Å²) in [6.45, 7) is 6.02. The molecule has 0 amide bonds. The van der Waals surface area contributed by atoms with Gasteiger partial charge in [-0.15, -0.1) is 0 Å². The Kier molecular flexibility index (Phi) is 4.29. The normalized spacial score (nSPS) is 33.4. The third kappa shape index (κ3) is 2.80. The molecule has 0 heterocycles. The van der Waals surface area contributed by atoms with E-state index in [2.05, 4.69) is 19.2 Å². The zero-order valence-electron chi connectivity index (χ0n) is 11.2. The molecule has 0 aromatic carbocycles. The van der Waals surface area contributed by atoms with E-state index in [1.54, 1.807) is 0 Å². The van der Waals surface area contributed by atoms with Crippen LogP contribution in [0, 0.1) is 11.3 Å². The second-order valence-corrected chi connectivity index (χ2v) is 6.23. The third-order valence-electron chi connectivity index (χ3n) is 5.29. The first-order valence-corrected chi connectivity index (χ1v) is 7.51. The van der Waals surface area contributed by atoms with Gasteiger partial charge in [0.15, 0.2) is 0 Å². The Morgan fingerprint density at radius 3 is 2.50 bits per heavy atom. The van der Waals surface area contributed by atoms with E-state index in [4.69, 9.17) is 0 Å². The van der Waals surface area contributed by atoms with Crippen molar-refractivity contribution in [2.24, 2.45) is 11.3 Å². The standard InChI is InChI=1S/C15H29N/c1-3-13-7-5-8-14(11-13)16-12-15(4-2)9-6-10-15/h13-14,16H,3-12H2,1-2H3. The SMILES string of the molecule is CCC1CCCC(NCC2(CC)CCC2)C1. The van der Waals surface area contributed by atoms with Crippen LogP contribution in [0.1, 0.15) is 71.6 Å². The maximum atomic E-state index is 3.88. The Labute approximate surface area is 101 Å². The minimum Gasteiger partial charge on any atom is -0.313 e. The number of hydrogen-bond donors (Lipinski definition) is 1. The van der Waals surface area contributed by atoms with E-state index in [0.29, 0.717) is 5.41 Å². The first-order chi connectivity index (χ1) is 7.78. The Balaban J connectivity index is 1.72. The van der Waals surface area contributed by atoms with Crippen LogP contribution in [-0.2, 0) is 0 Å². The number of nitrogens with one attached hydrogen (secondary N) is 1. The van der Waals surface area contributed by atoms with Crippen molar-refractivity contribution in [2.45, 2.75) is 77.7 Å². The van der Waals surface area contributed by atoms with Crippen LogP contribution in [0.4, 0.5) is 0 Å². The molecule has 0 saturated heterocycles. The average Bonchev–Trinajstić information content (AvgIpc) is 2.29. The lowest BCUT2D eigenvalue weighted by molar-refractivity contribution is 0.112. The van der Waals surface area contributed by atoms with Gasteiger partial charge in [0.05, 0.1) is 0 Å². The summed E-state index contributed by atoms with van der Waals surface area (Å²) in [6, 6.07) is 0.836. The fourth-order valence-electron chi connectivity index (χ4n) is 3.54. The van der Waals surface area contributed by atoms with Gasteiger partial charge in [0.1, 0.15) is 0 Å². The molecule has 2 rings (SSSR count). The van der Waals surface area contributed by atoms with E-state index in [1.165, 1.54) is 64.3 Å². The third-order valence-corrected chi connectivity index (χ3v) is 5.29. The predicted molar refractivity (Wildman–Crippen MR) is 70.6 cm³/mol. The van der Waals surface area contributed by atoms with E-state index >= 15 is 0 Å². The van der Waals surface area contributed by atoms with Crippen LogP contribution in [0.3, 0.4) is 0 Å². The van der Waals surface area contributed by atoms with Gasteiger partial charge in [-0.05, 0) is 43.4 Å². The molecule has 1 heteroatoms. The molecule has 0 radical (unpaired) electrons. The molecule has 1 N–H and O–H groups in total. The molecule has 16 heavy (non-hydrogen) atoms. The van der Waals surface area contributed by atoms with E-state index < -0.39 is 0 Å². The number of rotatable bonds is 5. The van der Waals surface area contributed by atoms with Gasteiger partial charge in [-0.2, -0.15) is 0 Å². The average molecular weight is 223 g/mol. The maximum absolute atomic E-state index is 3.88.